The highest BCUT2D eigenvalue weighted by atomic mass is 16.5. The minimum absolute atomic E-state index is 0.0554. The molecule has 1 aromatic rings. The predicted octanol–water partition coefficient (Wildman–Crippen LogP) is -0.276. The largest absolute Gasteiger partial charge is 0.481 e. The second kappa shape index (κ2) is 3.90. The second-order valence-corrected chi connectivity index (χ2v) is 3.47. The van der Waals surface area contributed by atoms with Crippen LogP contribution in [0.3, 0.4) is 0 Å². The van der Waals surface area contributed by atoms with Crippen LogP contribution in [-0.2, 0) is 29.1 Å². The van der Waals surface area contributed by atoms with E-state index in [1.807, 2.05) is 0 Å². The van der Waals surface area contributed by atoms with Gasteiger partial charge in [0.15, 0.2) is 0 Å². The molecule has 82 valence electrons. The van der Waals surface area contributed by atoms with Gasteiger partial charge in [-0.1, -0.05) is 0 Å². The normalized spacial score (nSPS) is 14.9. The first-order valence-corrected chi connectivity index (χ1v) is 4.78. The molecule has 0 spiro atoms. The summed E-state index contributed by atoms with van der Waals surface area (Å²) < 4.78 is 6.51. The summed E-state index contributed by atoms with van der Waals surface area (Å²) in [5, 5.41) is 11.4. The Morgan fingerprint density at radius 1 is 1.60 bits per heavy atom. The first-order chi connectivity index (χ1) is 7.18. The molecule has 6 nitrogen and oxygen atoms in total. The van der Waals surface area contributed by atoms with Gasteiger partial charge in [-0.2, -0.15) is 0 Å². The van der Waals surface area contributed by atoms with Crippen molar-refractivity contribution in [3.63, 3.8) is 0 Å². The maximum Gasteiger partial charge on any atom is 0.305 e. The molecule has 0 saturated heterocycles. The number of carboxylic acids is 1. The summed E-state index contributed by atoms with van der Waals surface area (Å²) in [6.07, 6.45) is 0.630. The van der Waals surface area contributed by atoms with Gasteiger partial charge in [-0.05, 0) is 0 Å². The van der Waals surface area contributed by atoms with Crippen molar-refractivity contribution in [2.75, 3.05) is 6.61 Å². The quantitative estimate of drug-likeness (QED) is 0.722. The predicted molar refractivity (Wildman–Crippen MR) is 50.7 cm³/mol. The first-order valence-electron chi connectivity index (χ1n) is 4.78. The molecule has 2 rings (SSSR count). The summed E-state index contributed by atoms with van der Waals surface area (Å²) in [5.41, 5.74) is 1.34. The van der Waals surface area contributed by atoms with Crippen molar-refractivity contribution in [1.82, 2.24) is 9.78 Å². The number of hydrogen-bond acceptors (Lipinski definition) is 3. The molecule has 0 fully saturated rings. The molecule has 2 N–H and O–H groups in total. The zero-order chi connectivity index (χ0) is 10.8. The van der Waals surface area contributed by atoms with Crippen LogP contribution in [-0.4, -0.2) is 27.5 Å². The molecule has 0 unspecified atom stereocenters. The number of ether oxygens (including phenoxy) is 1. The number of aryl methyl sites for hydroxylation is 1. The van der Waals surface area contributed by atoms with Crippen LogP contribution in [0.15, 0.2) is 4.79 Å². The average molecular weight is 212 g/mol. The van der Waals surface area contributed by atoms with E-state index in [-0.39, 0.29) is 18.5 Å². The van der Waals surface area contributed by atoms with Gasteiger partial charge < -0.3 is 9.84 Å². The number of rotatable bonds is 3. The summed E-state index contributed by atoms with van der Waals surface area (Å²) in [5.74, 6) is -0.911. The Kier molecular flexibility index (Phi) is 2.59. The topological polar surface area (TPSA) is 84.3 Å². The molecule has 15 heavy (non-hydrogen) atoms. The molecule has 0 aliphatic carbocycles. The number of H-pyrrole nitrogens is 1. The molecule has 0 radical (unpaired) electrons. The molecule has 1 aliphatic rings. The fraction of sp³-hybridized carbons (Fsp3) is 0.556. The molecule has 6 heteroatoms. The van der Waals surface area contributed by atoms with Gasteiger partial charge in [-0.25, -0.2) is 0 Å². The van der Waals surface area contributed by atoms with E-state index in [9.17, 15) is 9.59 Å². The Labute approximate surface area is 85.5 Å². The number of aromatic nitrogens is 2. The van der Waals surface area contributed by atoms with Crippen LogP contribution in [0.25, 0.3) is 0 Å². The SMILES string of the molecule is O=C(O)CCn1[nH]c2c(c1=O)COCC2. The highest BCUT2D eigenvalue weighted by Gasteiger charge is 2.17. The smallest absolute Gasteiger partial charge is 0.305 e. The molecule has 0 amide bonds. The molecule has 0 atom stereocenters. The minimum atomic E-state index is -0.911. The average Bonchev–Trinajstić information content (AvgIpc) is 2.54. The Bertz CT molecular complexity index is 432. The van der Waals surface area contributed by atoms with Gasteiger partial charge in [0, 0.05) is 12.1 Å². The number of nitrogens with zero attached hydrogens (tertiary/aromatic N) is 1. The standard InChI is InChI=1S/C9H12N2O4/c12-8(13)1-3-11-9(14)6-5-15-4-2-7(6)10-11/h10H,1-5H2,(H,12,13). The number of carboxylic acid groups (broad SMARTS) is 1. The summed E-state index contributed by atoms with van der Waals surface area (Å²) in [6, 6.07) is 0. The van der Waals surface area contributed by atoms with E-state index in [4.69, 9.17) is 9.84 Å². The van der Waals surface area contributed by atoms with Crippen LogP contribution in [0.5, 0.6) is 0 Å². The number of aromatic amines is 1. The Morgan fingerprint density at radius 3 is 3.07 bits per heavy atom. The molecule has 1 aliphatic heterocycles. The third-order valence-electron chi connectivity index (χ3n) is 2.43. The van der Waals surface area contributed by atoms with Gasteiger partial charge in [0.25, 0.3) is 5.56 Å². The number of carbonyl (C=O) groups is 1. The fourth-order valence-electron chi connectivity index (χ4n) is 1.64. The van der Waals surface area contributed by atoms with E-state index < -0.39 is 5.97 Å². The van der Waals surface area contributed by atoms with Crippen LogP contribution in [0.1, 0.15) is 17.7 Å². The van der Waals surface area contributed by atoms with Gasteiger partial charge in [0.2, 0.25) is 0 Å². The van der Waals surface area contributed by atoms with Crippen molar-refractivity contribution in [3.8, 4) is 0 Å². The van der Waals surface area contributed by atoms with Crippen LogP contribution in [0.2, 0.25) is 0 Å². The third-order valence-corrected chi connectivity index (χ3v) is 2.43. The van der Waals surface area contributed by atoms with E-state index in [1.165, 1.54) is 4.68 Å². The zero-order valence-electron chi connectivity index (χ0n) is 8.15. The molecule has 2 heterocycles. The van der Waals surface area contributed by atoms with Crippen LogP contribution >= 0.6 is 0 Å². The lowest BCUT2D eigenvalue weighted by Crippen LogP contribution is -2.21. The lowest BCUT2D eigenvalue weighted by atomic mass is 10.2. The highest BCUT2D eigenvalue weighted by molar-refractivity contribution is 5.66. The summed E-state index contributed by atoms with van der Waals surface area (Å²) in [4.78, 5) is 22.1. The monoisotopic (exact) mass is 212 g/mol. The maximum absolute atomic E-state index is 11.7. The van der Waals surface area contributed by atoms with Crippen molar-refractivity contribution < 1.29 is 14.6 Å². The summed E-state index contributed by atoms with van der Waals surface area (Å²) in [7, 11) is 0. The molecule has 1 aromatic heterocycles. The molecular formula is C9H12N2O4. The van der Waals surface area contributed by atoms with Gasteiger partial charge in [-0.15, -0.1) is 0 Å². The Hall–Kier alpha value is -1.56. The van der Waals surface area contributed by atoms with Gasteiger partial charge >= 0.3 is 5.97 Å². The lowest BCUT2D eigenvalue weighted by Gasteiger charge is -2.08. The van der Waals surface area contributed by atoms with Crippen molar-refractivity contribution in [3.05, 3.63) is 21.6 Å². The van der Waals surface area contributed by atoms with Crippen molar-refractivity contribution >= 4 is 5.97 Å². The number of hydrogen-bond donors (Lipinski definition) is 2. The summed E-state index contributed by atoms with van der Waals surface area (Å²) >= 11 is 0. The Morgan fingerprint density at radius 2 is 2.40 bits per heavy atom. The molecule has 0 saturated carbocycles. The number of nitrogens with one attached hydrogen (secondary N) is 1. The first kappa shape index (κ1) is 9.97. The summed E-state index contributed by atoms with van der Waals surface area (Å²) in [6.45, 7) is 1.11. The highest BCUT2D eigenvalue weighted by Crippen LogP contribution is 2.10. The van der Waals surface area contributed by atoms with E-state index in [1.54, 1.807) is 0 Å². The van der Waals surface area contributed by atoms with E-state index in [0.29, 0.717) is 25.2 Å². The van der Waals surface area contributed by atoms with Crippen LogP contribution in [0.4, 0.5) is 0 Å². The third kappa shape index (κ3) is 1.94. The number of aliphatic carboxylic acids is 1. The maximum atomic E-state index is 11.7. The zero-order valence-corrected chi connectivity index (χ0v) is 8.15. The van der Waals surface area contributed by atoms with Gasteiger partial charge in [0.05, 0.1) is 31.7 Å². The van der Waals surface area contributed by atoms with Gasteiger partial charge in [0.1, 0.15) is 0 Å². The second-order valence-electron chi connectivity index (χ2n) is 3.47. The van der Waals surface area contributed by atoms with Crippen LogP contribution in [0, 0.1) is 0 Å². The van der Waals surface area contributed by atoms with Crippen molar-refractivity contribution in [2.24, 2.45) is 0 Å². The van der Waals surface area contributed by atoms with Crippen molar-refractivity contribution in [2.45, 2.75) is 26.0 Å². The number of fused-ring (bicyclic) bond motifs is 1. The van der Waals surface area contributed by atoms with Crippen molar-refractivity contribution in [1.29, 1.82) is 0 Å². The lowest BCUT2D eigenvalue weighted by molar-refractivity contribution is -0.137. The van der Waals surface area contributed by atoms with Gasteiger partial charge in [-0.3, -0.25) is 19.4 Å². The molecule has 0 aromatic carbocycles. The van der Waals surface area contributed by atoms with E-state index in [0.717, 1.165) is 5.69 Å². The minimum Gasteiger partial charge on any atom is -0.481 e. The molecular weight excluding hydrogens is 200 g/mol. The van der Waals surface area contributed by atoms with E-state index >= 15 is 0 Å². The van der Waals surface area contributed by atoms with Crippen LogP contribution < -0.4 is 5.56 Å². The van der Waals surface area contributed by atoms with E-state index in [2.05, 4.69) is 5.10 Å². The fourth-order valence-corrected chi connectivity index (χ4v) is 1.64. The molecule has 0 bridgehead atoms. The Balaban J connectivity index is 2.22.